The number of aliphatic hydroxyl groups is 1. The normalized spacial score (nSPS) is 15.2. The SMILES string of the molecule is O=S(=O)(c1ccc(-c2ccnc3c2cc(CO)n3S(=O)(=O)c2ccccc2)cc1)N1CCCC1. The van der Waals surface area contributed by atoms with Crippen LogP contribution >= 0.6 is 0 Å². The van der Waals surface area contributed by atoms with Crippen molar-refractivity contribution in [2.45, 2.75) is 29.2 Å². The lowest BCUT2D eigenvalue weighted by molar-refractivity contribution is 0.276. The summed E-state index contributed by atoms with van der Waals surface area (Å²) >= 11 is 0. The van der Waals surface area contributed by atoms with Crippen LogP contribution in [0.25, 0.3) is 22.2 Å². The molecule has 0 atom stereocenters. The van der Waals surface area contributed by atoms with Crippen molar-refractivity contribution >= 4 is 31.1 Å². The third-order valence-electron chi connectivity index (χ3n) is 6.04. The molecular formula is C24H23N3O5S2. The second-order valence-corrected chi connectivity index (χ2v) is 11.8. The van der Waals surface area contributed by atoms with Gasteiger partial charge >= 0.3 is 0 Å². The van der Waals surface area contributed by atoms with E-state index >= 15 is 0 Å². The highest BCUT2D eigenvalue weighted by atomic mass is 32.2. The lowest BCUT2D eigenvalue weighted by Crippen LogP contribution is -2.27. The van der Waals surface area contributed by atoms with E-state index in [1.807, 2.05) is 0 Å². The molecular weight excluding hydrogens is 474 g/mol. The highest BCUT2D eigenvalue weighted by molar-refractivity contribution is 7.90. The fraction of sp³-hybridized carbons (Fsp3) is 0.208. The first kappa shape index (κ1) is 22.7. The van der Waals surface area contributed by atoms with E-state index in [1.165, 1.54) is 22.6 Å². The second-order valence-electron chi connectivity index (χ2n) is 8.11. The Morgan fingerprint density at radius 3 is 2.12 bits per heavy atom. The number of benzene rings is 2. The molecule has 10 heteroatoms. The molecule has 1 saturated heterocycles. The second kappa shape index (κ2) is 8.62. The van der Waals surface area contributed by atoms with E-state index in [4.69, 9.17) is 0 Å². The summed E-state index contributed by atoms with van der Waals surface area (Å²) in [6, 6.07) is 17.9. The molecule has 0 spiro atoms. The van der Waals surface area contributed by atoms with Gasteiger partial charge in [0.05, 0.1) is 22.1 Å². The van der Waals surface area contributed by atoms with Crippen LogP contribution in [-0.4, -0.2) is 48.3 Å². The van der Waals surface area contributed by atoms with Crippen LogP contribution in [-0.2, 0) is 26.7 Å². The predicted octanol–water partition coefficient (Wildman–Crippen LogP) is 3.22. The van der Waals surface area contributed by atoms with Gasteiger partial charge in [-0.3, -0.25) is 0 Å². The summed E-state index contributed by atoms with van der Waals surface area (Å²) in [4.78, 5) is 4.62. The lowest BCUT2D eigenvalue weighted by Gasteiger charge is -2.15. The standard InChI is InChI=1S/C24H23N3O5S2/c28-17-19-16-23-22(18-8-10-21(11-9-18)33(29,30)26-14-4-5-15-26)12-13-25-24(23)27(19)34(31,32)20-6-2-1-3-7-20/h1-3,6-13,16,28H,4-5,14-15,17H2. The van der Waals surface area contributed by atoms with Crippen molar-refractivity contribution in [2.75, 3.05) is 13.1 Å². The molecule has 176 valence electrons. The van der Waals surface area contributed by atoms with Gasteiger partial charge in [0.15, 0.2) is 5.65 Å². The Balaban J connectivity index is 1.61. The molecule has 3 heterocycles. The zero-order valence-corrected chi connectivity index (χ0v) is 19.8. The molecule has 1 aliphatic heterocycles. The van der Waals surface area contributed by atoms with E-state index in [-0.39, 0.29) is 21.1 Å². The Morgan fingerprint density at radius 2 is 1.47 bits per heavy atom. The molecule has 1 fully saturated rings. The molecule has 1 aliphatic rings. The average molecular weight is 498 g/mol. The number of pyridine rings is 1. The van der Waals surface area contributed by atoms with Crippen molar-refractivity contribution in [1.82, 2.24) is 13.3 Å². The highest BCUT2D eigenvalue weighted by Crippen LogP contribution is 2.33. The fourth-order valence-corrected chi connectivity index (χ4v) is 7.36. The van der Waals surface area contributed by atoms with Crippen LogP contribution in [0.2, 0.25) is 0 Å². The molecule has 0 radical (unpaired) electrons. The first-order valence-electron chi connectivity index (χ1n) is 10.9. The molecule has 2 aromatic carbocycles. The number of sulfonamides is 1. The minimum Gasteiger partial charge on any atom is -0.390 e. The molecule has 0 bridgehead atoms. The van der Waals surface area contributed by atoms with Crippen molar-refractivity contribution in [3.8, 4) is 11.1 Å². The summed E-state index contributed by atoms with van der Waals surface area (Å²) in [5.74, 6) is 0. The average Bonchev–Trinajstić information content (AvgIpc) is 3.53. The molecule has 2 aromatic heterocycles. The first-order valence-corrected chi connectivity index (χ1v) is 13.7. The molecule has 5 rings (SSSR count). The smallest absolute Gasteiger partial charge is 0.269 e. The van der Waals surface area contributed by atoms with Crippen LogP contribution < -0.4 is 0 Å². The van der Waals surface area contributed by atoms with Gasteiger partial charge in [-0.1, -0.05) is 30.3 Å². The van der Waals surface area contributed by atoms with E-state index in [9.17, 15) is 21.9 Å². The molecule has 0 unspecified atom stereocenters. The van der Waals surface area contributed by atoms with Gasteiger partial charge in [0.25, 0.3) is 10.0 Å². The minimum absolute atomic E-state index is 0.0888. The Kier molecular flexibility index (Phi) is 5.76. The Hall–Kier alpha value is -3.05. The largest absolute Gasteiger partial charge is 0.390 e. The van der Waals surface area contributed by atoms with E-state index < -0.39 is 26.7 Å². The molecule has 8 nitrogen and oxygen atoms in total. The summed E-state index contributed by atoms with van der Waals surface area (Å²) in [5, 5.41) is 10.5. The number of aliphatic hydroxyl groups excluding tert-OH is 1. The summed E-state index contributed by atoms with van der Waals surface area (Å²) in [6.45, 7) is 0.569. The van der Waals surface area contributed by atoms with Gasteiger partial charge in [0.1, 0.15) is 0 Å². The molecule has 0 amide bonds. The topological polar surface area (TPSA) is 110 Å². The van der Waals surface area contributed by atoms with Crippen LogP contribution in [0.4, 0.5) is 0 Å². The van der Waals surface area contributed by atoms with Crippen LogP contribution in [0.5, 0.6) is 0 Å². The van der Waals surface area contributed by atoms with Crippen molar-refractivity contribution in [1.29, 1.82) is 0 Å². The molecule has 34 heavy (non-hydrogen) atoms. The number of hydrogen-bond donors (Lipinski definition) is 1. The molecule has 1 N–H and O–H groups in total. The molecule has 0 aliphatic carbocycles. The third-order valence-corrected chi connectivity index (χ3v) is 9.71. The van der Waals surface area contributed by atoms with Crippen LogP contribution in [0.15, 0.2) is 82.7 Å². The van der Waals surface area contributed by atoms with Gasteiger partial charge < -0.3 is 5.11 Å². The van der Waals surface area contributed by atoms with E-state index in [0.717, 1.165) is 16.8 Å². The van der Waals surface area contributed by atoms with Crippen molar-refractivity contribution in [3.63, 3.8) is 0 Å². The monoisotopic (exact) mass is 497 g/mol. The van der Waals surface area contributed by atoms with Gasteiger partial charge in [-0.15, -0.1) is 0 Å². The fourth-order valence-electron chi connectivity index (χ4n) is 4.34. The van der Waals surface area contributed by atoms with E-state index in [0.29, 0.717) is 29.6 Å². The summed E-state index contributed by atoms with van der Waals surface area (Å²) in [6.07, 6.45) is 3.23. The van der Waals surface area contributed by atoms with Crippen LogP contribution in [0.3, 0.4) is 0 Å². The van der Waals surface area contributed by atoms with Gasteiger partial charge in [-0.2, -0.15) is 4.31 Å². The predicted molar refractivity (Wildman–Crippen MR) is 128 cm³/mol. The maximum absolute atomic E-state index is 13.4. The van der Waals surface area contributed by atoms with Crippen LogP contribution in [0.1, 0.15) is 18.5 Å². The van der Waals surface area contributed by atoms with Crippen molar-refractivity contribution in [2.24, 2.45) is 0 Å². The highest BCUT2D eigenvalue weighted by Gasteiger charge is 2.28. The zero-order valence-electron chi connectivity index (χ0n) is 18.2. The first-order chi connectivity index (χ1) is 16.3. The van der Waals surface area contributed by atoms with Gasteiger partial charge in [-0.25, -0.2) is 25.8 Å². The Bertz CT molecular complexity index is 1560. The van der Waals surface area contributed by atoms with E-state index in [1.54, 1.807) is 54.6 Å². The van der Waals surface area contributed by atoms with Gasteiger partial charge in [0.2, 0.25) is 10.0 Å². The number of aromatic nitrogens is 2. The molecule has 0 saturated carbocycles. The maximum Gasteiger partial charge on any atom is 0.269 e. The number of nitrogens with zero attached hydrogens (tertiary/aromatic N) is 3. The van der Waals surface area contributed by atoms with Crippen LogP contribution in [0, 0.1) is 0 Å². The lowest BCUT2D eigenvalue weighted by atomic mass is 10.0. The summed E-state index contributed by atoms with van der Waals surface area (Å²) < 4.78 is 55.0. The summed E-state index contributed by atoms with van der Waals surface area (Å²) in [7, 11) is -7.52. The number of rotatable bonds is 6. The molecule has 4 aromatic rings. The minimum atomic E-state index is -3.99. The number of hydrogen-bond acceptors (Lipinski definition) is 6. The van der Waals surface area contributed by atoms with Crippen molar-refractivity contribution in [3.05, 3.63) is 78.6 Å². The third kappa shape index (κ3) is 3.72. The van der Waals surface area contributed by atoms with Crippen molar-refractivity contribution < 1.29 is 21.9 Å². The van der Waals surface area contributed by atoms with E-state index in [2.05, 4.69) is 4.98 Å². The Morgan fingerprint density at radius 1 is 0.824 bits per heavy atom. The Labute approximate surface area is 198 Å². The zero-order chi connectivity index (χ0) is 23.9. The van der Waals surface area contributed by atoms with Gasteiger partial charge in [-0.05, 0) is 60.4 Å². The number of fused-ring (bicyclic) bond motifs is 1. The maximum atomic E-state index is 13.4. The quantitative estimate of drug-likeness (QED) is 0.438. The summed E-state index contributed by atoms with van der Waals surface area (Å²) in [5.41, 5.74) is 1.78. The van der Waals surface area contributed by atoms with Gasteiger partial charge in [0, 0.05) is 24.7 Å².